The van der Waals surface area contributed by atoms with Crippen LogP contribution in [0.3, 0.4) is 0 Å². The maximum absolute atomic E-state index is 11.6. The number of amides is 1. The third-order valence-electron chi connectivity index (χ3n) is 2.54. The fourth-order valence-electron chi connectivity index (χ4n) is 1.51. The molecule has 1 saturated heterocycles. The number of hydrogen-bond donors (Lipinski definition) is 2. The summed E-state index contributed by atoms with van der Waals surface area (Å²) in [6.07, 6.45) is 0.304. The van der Waals surface area contributed by atoms with Crippen LogP contribution < -0.4 is 11.1 Å². The van der Waals surface area contributed by atoms with Gasteiger partial charge in [0.2, 0.25) is 5.91 Å². The van der Waals surface area contributed by atoms with E-state index in [0.717, 1.165) is 5.56 Å². The minimum atomic E-state index is -0.442. The molecule has 4 nitrogen and oxygen atoms in total. The predicted molar refractivity (Wildman–Crippen MR) is 56.1 cm³/mol. The molecular weight excluding hydrogens is 192 g/mol. The van der Waals surface area contributed by atoms with Crippen LogP contribution >= 0.6 is 0 Å². The number of ketones is 1. The first kappa shape index (κ1) is 9.71. The Morgan fingerprint density at radius 2 is 2.07 bits per heavy atom. The van der Waals surface area contributed by atoms with Crippen LogP contribution in [0, 0.1) is 5.92 Å². The Morgan fingerprint density at radius 1 is 1.40 bits per heavy atom. The summed E-state index contributed by atoms with van der Waals surface area (Å²) in [7, 11) is 0. The number of carbonyl (C=O) groups excluding carboxylic acids is 2. The van der Waals surface area contributed by atoms with E-state index >= 15 is 0 Å². The number of Topliss-reactive ketones (excluding diaryl/α,β-unsaturated/α-hetero) is 1. The molecule has 1 amide bonds. The minimum absolute atomic E-state index is 0.0245. The van der Waals surface area contributed by atoms with Crippen molar-refractivity contribution in [3.63, 3.8) is 0 Å². The number of nitrogen functional groups attached to an aromatic ring is 1. The molecule has 1 heterocycles. The van der Waals surface area contributed by atoms with E-state index in [0.29, 0.717) is 18.7 Å². The number of β-lactam (4-membered cyclic amide) rings is 1. The van der Waals surface area contributed by atoms with Crippen LogP contribution in [0.5, 0.6) is 0 Å². The van der Waals surface area contributed by atoms with Gasteiger partial charge in [-0.3, -0.25) is 9.59 Å². The lowest BCUT2D eigenvalue weighted by Crippen LogP contribution is -2.52. The van der Waals surface area contributed by atoms with E-state index in [4.69, 9.17) is 5.73 Å². The van der Waals surface area contributed by atoms with Crippen molar-refractivity contribution in [2.75, 3.05) is 12.3 Å². The zero-order valence-electron chi connectivity index (χ0n) is 8.19. The Bertz CT molecular complexity index is 398. The van der Waals surface area contributed by atoms with E-state index in [-0.39, 0.29) is 11.7 Å². The van der Waals surface area contributed by atoms with Gasteiger partial charge in [0.25, 0.3) is 0 Å². The normalized spacial score (nSPS) is 19.2. The lowest BCUT2D eigenvalue weighted by Gasteiger charge is -2.24. The zero-order chi connectivity index (χ0) is 10.8. The van der Waals surface area contributed by atoms with Crippen LogP contribution in [-0.4, -0.2) is 18.2 Å². The first-order valence-corrected chi connectivity index (χ1v) is 4.81. The van der Waals surface area contributed by atoms with Gasteiger partial charge in [-0.15, -0.1) is 0 Å². The third-order valence-corrected chi connectivity index (χ3v) is 2.54. The Labute approximate surface area is 87.5 Å². The first-order valence-electron chi connectivity index (χ1n) is 4.81. The molecule has 3 N–H and O–H groups in total. The number of carbonyl (C=O) groups is 2. The molecular formula is C11H12N2O2. The third kappa shape index (κ3) is 1.98. The second-order valence-corrected chi connectivity index (χ2v) is 3.68. The number of nitrogens with two attached hydrogens (primary N) is 1. The quantitative estimate of drug-likeness (QED) is 0.417. The highest BCUT2D eigenvalue weighted by Gasteiger charge is 2.33. The summed E-state index contributed by atoms with van der Waals surface area (Å²) < 4.78 is 0. The first-order chi connectivity index (χ1) is 7.16. The molecule has 1 aliphatic heterocycles. The standard InChI is InChI=1S/C11H12N2O2/c12-8-3-1-7(2-4-8)5-10(14)9-6-13-11(9)15/h1-4,9H,5-6,12H2,(H,13,15). The monoisotopic (exact) mass is 204 g/mol. The average Bonchev–Trinajstić information content (AvgIpc) is 2.19. The van der Waals surface area contributed by atoms with Crippen molar-refractivity contribution in [2.45, 2.75) is 6.42 Å². The van der Waals surface area contributed by atoms with Gasteiger partial charge in [0.15, 0.2) is 5.78 Å². The molecule has 0 aliphatic carbocycles. The van der Waals surface area contributed by atoms with Gasteiger partial charge >= 0.3 is 0 Å². The van der Waals surface area contributed by atoms with E-state index in [2.05, 4.69) is 5.32 Å². The number of hydrogen-bond acceptors (Lipinski definition) is 3. The van der Waals surface area contributed by atoms with Crippen LogP contribution in [0.2, 0.25) is 0 Å². The molecule has 78 valence electrons. The van der Waals surface area contributed by atoms with Crippen molar-refractivity contribution in [1.82, 2.24) is 5.32 Å². The predicted octanol–water partition coefficient (Wildman–Crippen LogP) is 0.126. The fraction of sp³-hybridized carbons (Fsp3) is 0.273. The minimum Gasteiger partial charge on any atom is -0.399 e. The smallest absolute Gasteiger partial charge is 0.232 e. The Morgan fingerprint density at radius 3 is 2.53 bits per heavy atom. The molecule has 1 atom stereocenters. The van der Waals surface area contributed by atoms with E-state index in [1.165, 1.54) is 0 Å². The van der Waals surface area contributed by atoms with Gasteiger partial charge < -0.3 is 11.1 Å². The van der Waals surface area contributed by atoms with Crippen LogP contribution in [0.4, 0.5) is 5.69 Å². The second kappa shape index (κ2) is 3.73. The van der Waals surface area contributed by atoms with Crippen molar-refractivity contribution in [3.05, 3.63) is 29.8 Å². The molecule has 1 aromatic rings. The van der Waals surface area contributed by atoms with E-state index in [1.54, 1.807) is 12.1 Å². The zero-order valence-corrected chi connectivity index (χ0v) is 8.19. The molecule has 0 aromatic heterocycles. The van der Waals surface area contributed by atoms with Crippen molar-refractivity contribution in [2.24, 2.45) is 5.92 Å². The van der Waals surface area contributed by atoms with Crippen molar-refractivity contribution in [1.29, 1.82) is 0 Å². The number of benzene rings is 1. The highest BCUT2D eigenvalue weighted by atomic mass is 16.2. The largest absolute Gasteiger partial charge is 0.399 e. The summed E-state index contributed by atoms with van der Waals surface area (Å²) in [6.45, 7) is 0.479. The number of anilines is 1. The van der Waals surface area contributed by atoms with Gasteiger partial charge in [-0.05, 0) is 17.7 Å². The summed E-state index contributed by atoms with van der Waals surface area (Å²) in [6, 6.07) is 7.13. The van der Waals surface area contributed by atoms with Gasteiger partial charge in [0.05, 0.1) is 0 Å². The van der Waals surface area contributed by atoms with Crippen LogP contribution in [-0.2, 0) is 16.0 Å². The fourth-order valence-corrected chi connectivity index (χ4v) is 1.51. The highest BCUT2D eigenvalue weighted by molar-refractivity contribution is 6.06. The van der Waals surface area contributed by atoms with Crippen LogP contribution in [0.25, 0.3) is 0 Å². The van der Waals surface area contributed by atoms with E-state index in [1.807, 2.05) is 12.1 Å². The van der Waals surface area contributed by atoms with Gasteiger partial charge in [0, 0.05) is 18.7 Å². The second-order valence-electron chi connectivity index (χ2n) is 3.68. The van der Waals surface area contributed by atoms with Crippen LogP contribution in [0.15, 0.2) is 24.3 Å². The summed E-state index contributed by atoms with van der Waals surface area (Å²) in [5.41, 5.74) is 7.10. The summed E-state index contributed by atoms with van der Waals surface area (Å²) >= 11 is 0. The van der Waals surface area contributed by atoms with Crippen molar-refractivity contribution in [3.8, 4) is 0 Å². The molecule has 4 heteroatoms. The summed E-state index contributed by atoms with van der Waals surface area (Å²) in [5, 5.41) is 2.55. The molecule has 15 heavy (non-hydrogen) atoms. The molecule has 0 radical (unpaired) electrons. The lowest BCUT2D eigenvalue weighted by molar-refractivity contribution is -0.139. The molecule has 0 saturated carbocycles. The van der Waals surface area contributed by atoms with Gasteiger partial charge in [-0.1, -0.05) is 12.1 Å². The van der Waals surface area contributed by atoms with E-state index in [9.17, 15) is 9.59 Å². The summed E-state index contributed by atoms with van der Waals surface area (Å²) in [4.78, 5) is 22.6. The van der Waals surface area contributed by atoms with Crippen LogP contribution in [0.1, 0.15) is 5.56 Å². The number of nitrogens with one attached hydrogen (secondary N) is 1. The lowest BCUT2D eigenvalue weighted by atomic mass is 9.92. The molecule has 0 spiro atoms. The molecule has 1 aromatic carbocycles. The topological polar surface area (TPSA) is 72.2 Å². The Kier molecular flexibility index (Phi) is 2.41. The van der Waals surface area contributed by atoms with E-state index < -0.39 is 5.92 Å². The average molecular weight is 204 g/mol. The molecule has 1 unspecified atom stereocenters. The molecule has 1 fully saturated rings. The molecule has 1 aliphatic rings. The Hall–Kier alpha value is -1.84. The van der Waals surface area contributed by atoms with Gasteiger partial charge in [0.1, 0.15) is 5.92 Å². The number of rotatable bonds is 3. The van der Waals surface area contributed by atoms with Crippen molar-refractivity contribution >= 4 is 17.4 Å². The SMILES string of the molecule is Nc1ccc(CC(=O)C2CNC2=O)cc1. The van der Waals surface area contributed by atoms with Gasteiger partial charge in [-0.25, -0.2) is 0 Å². The Balaban J connectivity index is 1.99. The maximum Gasteiger partial charge on any atom is 0.232 e. The summed E-state index contributed by atoms with van der Waals surface area (Å²) in [5.74, 6) is -0.624. The van der Waals surface area contributed by atoms with Crippen molar-refractivity contribution < 1.29 is 9.59 Å². The maximum atomic E-state index is 11.6. The molecule has 2 rings (SSSR count). The van der Waals surface area contributed by atoms with Gasteiger partial charge in [-0.2, -0.15) is 0 Å². The molecule has 0 bridgehead atoms. The highest BCUT2D eigenvalue weighted by Crippen LogP contribution is 2.12.